The van der Waals surface area contributed by atoms with Gasteiger partial charge in [-0.25, -0.2) is 23.9 Å². The molecule has 1 aromatic rings. The molecule has 2 aliphatic heterocycles. The first-order valence-electron chi connectivity index (χ1n) is 13.1. The molecule has 0 radical (unpaired) electrons. The van der Waals surface area contributed by atoms with E-state index in [9.17, 15) is 32.1 Å². The highest BCUT2D eigenvalue weighted by molar-refractivity contribution is 7.80. The van der Waals surface area contributed by atoms with Gasteiger partial charge in [-0.05, 0) is 62.3 Å². The van der Waals surface area contributed by atoms with Gasteiger partial charge in [-0.15, -0.1) is 9.28 Å². The van der Waals surface area contributed by atoms with E-state index in [4.69, 9.17) is 14.2 Å². The summed E-state index contributed by atoms with van der Waals surface area (Å²) in [4.78, 5) is 55.7. The van der Waals surface area contributed by atoms with E-state index in [-0.39, 0.29) is 24.3 Å². The highest BCUT2D eigenvalue weighted by Gasteiger charge is 2.52. The number of carbonyl (C=O) groups is 4. The van der Waals surface area contributed by atoms with Crippen molar-refractivity contribution in [1.82, 2.24) is 30.4 Å². The minimum absolute atomic E-state index is 0.130. The normalized spacial score (nSPS) is 19.1. The molecule has 3 N–H and O–H groups in total. The van der Waals surface area contributed by atoms with Crippen LogP contribution in [0.3, 0.4) is 0 Å². The molecule has 240 valence electrons. The molecule has 18 nitrogen and oxygen atoms in total. The number of aromatic nitrogens is 2. The molecule has 2 aliphatic rings. The Morgan fingerprint density at radius 2 is 1.56 bits per heavy atom. The first-order valence-corrected chi connectivity index (χ1v) is 14.4. The van der Waals surface area contributed by atoms with Crippen molar-refractivity contribution in [3.05, 3.63) is 17.5 Å². The third kappa shape index (κ3) is 9.26. The van der Waals surface area contributed by atoms with Crippen LogP contribution in [0.5, 0.6) is 0 Å². The van der Waals surface area contributed by atoms with Gasteiger partial charge in [0.1, 0.15) is 22.8 Å². The van der Waals surface area contributed by atoms with Crippen LogP contribution < -0.4 is 10.6 Å². The lowest BCUT2D eigenvalue weighted by Gasteiger charge is -2.30. The Morgan fingerprint density at radius 3 is 2.09 bits per heavy atom. The molecule has 0 spiro atoms. The van der Waals surface area contributed by atoms with Crippen LogP contribution in [0.25, 0.3) is 0 Å². The Morgan fingerprint density at radius 1 is 1.00 bits per heavy atom. The lowest BCUT2D eigenvalue weighted by atomic mass is 9.98. The summed E-state index contributed by atoms with van der Waals surface area (Å²) < 4.78 is 53.7. The number of rotatable bonds is 4. The second-order valence-corrected chi connectivity index (χ2v) is 13.6. The Hall–Kier alpha value is -3.97. The molecule has 5 amide bonds. The van der Waals surface area contributed by atoms with E-state index < -0.39 is 69.6 Å². The maximum atomic E-state index is 13.1. The highest BCUT2D eigenvalue weighted by Crippen LogP contribution is 2.43. The molecule has 1 saturated heterocycles. The van der Waals surface area contributed by atoms with Crippen LogP contribution in [0.4, 0.5) is 19.2 Å². The van der Waals surface area contributed by atoms with Crippen LogP contribution in [0, 0.1) is 0 Å². The van der Waals surface area contributed by atoms with E-state index in [1.165, 1.54) is 11.1 Å². The van der Waals surface area contributed by atoms with Gasteiger partial charge in [0.15, 0.2) is 0 Å². The Bertz CT molecular complexity index is 1420. The monoisotopic (exact) mass is 631 g/mol. The molecule has 0 unspecified atom stereocenters. The summed E-state index contributed by atoms with van der Waals surface area (Å²) in [6, 6.07) is -3.05. The van der Waals surface area contributed by atoms with Crippen molar-refractivity contribution in [2.24, 2.45) is 4.99 Å². The Kier molecular flexibility index (Phi) is 9.05. The number of hydrogen-bond donors (Lipinski definition) is 3. The molecular weight excluding hydrogens is 594 g/mol. The van der Waals surface area contributed by atoms with Gasteiger partial charge < -0.3 is 24.4 Å². The van der Waals surface area contributed by atoms with E-state index in [0.717, 1.165) is 4.68 Å². The number of aliphatic imine (C=N–C) groups is 1. The fraction of sp³-hybridized carbons (Fsp3) is 0.667. The second-order valence-electron chi connectivity index (χ2n) is 12.6. The first kappa shape index (κ1) is 33.5. The zero-order valence-electron chi connectivity index (χ0n) is 25.3. The molecular formula is C24H37N7O11S. The van der Waals surface area contributed by atoms with Crippen LogP contribution in [-0.4, -0.2) is 92.9 Å². The molecule has 43 heavy (non-hydrogen) atoms. The van der Waals surface area contributed by atoms with Gasteiger partial charge in [0.05, 0.1) is 18.3 Å². The zero-order valence-corrected chi connectivity index (χ0v) is 26.1. The summed E-state index contributed by atoms with van der Waals surface area (Å²) in [5.41, 5.74) is -2.34. The lowest BCUT2D eigenvalue weighted by Crippen LogP contribution is -2.43. The lowest BCUT2D eigenvalue weighted by molar-refractivity contribution is -0.0317. The summed E-state index contributed by atoms with van der Waals surface area (Å²) in [6.07, 6.45) is -1.58. The van der Waals surface area contributed by atoms with Crippen LogP contribution in [0.1, 0.15) is 85.7 Å². The number of ether oxygens (including phenoxy) is 3. The minimum Gasteiger partial charge on any atom is -0.444 e. The van der Waals surface area contributed by atoms with Crippen molar-refractivity contribution in [1.29, 1.82) is 0 Å². The van der Waals surface area contributed by atoms with Crippen molar-refractivity contribution in [2.45, 2.75) is 91.2 Å². The number of hydroxylamine groups is 2. The third-order valence-corrected chi connectivity index (χ3v) is 5.69. The quantitative estimate of drug-likeness (QED) is 0.189. The summed E-state index contributed by atoms with van der Waals surface area (Å²) in [5, 5.41) is 9.75. The number of nitrogens with zero attached hydrogens (tertiary/aromatic N) is 5. The molecule has 0 saturated carbocycles. The van der Waals surface area contributed by atoms with Gasteiger partial charge >= 0.3 is 34.7 Å². The average molecular weight is 632 g/mol. The smallest absolute Gasteiger partial charge is 0.437 e. The van der Waals surface area contributed by atoms with Gasteiger partial charge in [-0.2, -0.15) is 18.6 Å². The molecule has 3 heterocycles. The standard InChI is InChI=1S/C24H37N7O11S/c1-22(2,3)39-18(32)25-10-14-16-13(15-12-29(14)21(35)31(15)42-43(36,37)38)11-30(28-16)17(26-19(33)40-23(4,5)6)27-20(34)41-24(7,8)9/h11,14-15H,10,12H2,1-9H3,(H,25,32)(H,36,37,38)(H,26,27,33,34)/t14-,15-/m1/s1. The van der Waals surface area contributed by atoms with E-state index >= 15 is 0 Å². The van der Waals surface area contributed by atoms with Crippen molar-refractivity contribution in [3.63, 3.8) is 0 Å². The summed E-state index contributed by atoms with van der Waals surface area (Å²) in [5.74, 6) is -0.448. The Balaban J connectivity index is 2.07. The van der Waals surface area contributed by atoms with Crippen molar-refractivity contribution in [3.8, 4) is 0 Å². The molecule has 1 aromatic heterocycles. The maximum absolute atomic E-state index is 13.1. The summed E-state index contributed by atoms with van der Waals surface area (Å²) >= 11 is 0. The van der Waals surface area contributed by atoms with Crippen LogP contribution >= 0.6 is 0 Å². The molecule has 1 fully saturated rings. The number of amides is 5. The first-order chi connectivity index (χ1) is 19.4. The van der Waals surface area contributed by atoms with Crippen LogP contribution in [0.2, 0.25) is 0 Å². The topological polar surface area (TPSA) is 220 Å². The number of nitrogens with one attached hydrogen (secondary N) is 2. The highest BCUT2D eigenvalue weighted by atomic mass is 32.3. The minimum atomic E-state index is -5.12. The zero-order chi connectivity index (χ0) is 32.7. The van der Waals surface area contributed by atoms with Crippen molar-refractivity contribution in [2.75, 3.05) is 13.1 Å². The molecule has 0 aromatic carbocycles. The van der Waals surface area contributed by atoms with E-state index in [0.29, 0.717) is 5.06 Å². The van der Waals surface area contributed by atoms with Gasteiger partial charge in [-0.1, -0.05) is 0 Å². The molecule has 19 heteroatoms. The number of alkyl carbamates (subject to hydrolysis) is 2. The van der Waals surface area contributed by atoms with Crippen molar-refractivity contribution >= 4 is 40.7 Å². The van der Waals surface area contributed by atoms with E-state index in [1.54, 1.807) is 62.3 Å². The van der Waals surface area contributed by atoms with Crippen molar-refractivity contribution < 1.29 is 50.6 Å². The number of fused-ring (bicyclic) bond motifs is 4. The van der Waals surface area contributed by atoms with Gasteiger partial charge in [0, 0.05) is 18.3 Å². The van der Waals surface area contributed by atoms with E-state index in [2.05, 4.69) is 25.0 Å². The summed E-state index contributed by atoms with van der Waals surface area (Å²) in [6.45, 7) is 14.3. The largest absolute Gasteiger partial charge is 0.444 e. The maximum Gasteiger partial charge on any atom is 0.437 e. The number of carbonyl (C=O) groups excluding carboxylic acids is 4. The summed E-state index contributed by atoms with van der Waals surface area (Å²) in [7, 11) is -5.12. The molecule has 3 rings (SSSR count). The SMILES string of the molecule is CC(C)(C)OC(=O)N=C(NC(=O)OC(C)(C)C)n1cc2c(n1)[C@@H](CNC(=O)OC(C)(C)C)N1C[C@H]2N(OS(=O)(=O)O)C1=O. The second kappa shape index (κ2) is 11.6. The van der Waals surface area contributed by atoms with Gasteiger partial charge in [-0.3, -0.25) is 9.87 Å². The number of hydrogen-bond acceptors (Lipinski definition) is 11. The Labute approximate surface area is 248 Å². The predicted molar refractivity (Wildman–Crippen MR) is 147 cm³/mol. The average Bonchev–Trinajstić information content (AvgIpc) is 3.31. The third-order valence-electron chi connectivity index (χ3n) is 5.34. The fourth-order valence-corrected chi connectivity index (χ4v) is 4.42. The van der Waals surface area contributed by atoms with Crippen LogP contribution in [-0.2, 0) is 28.9 Å². The molecule has 2 bridgehead atoms. The van der Waals surface area contributed by atoms with Gasteiger partial charge in [0.2, 0.25) is 5.96 Å². The molecule has 0 aliphatic carbocycles. The molecule has 2 atom stereocenters. The predicted octanol–water partition coefficient (Wildman–Crippen LogP) is 2.64. The van der Waals surface area contributed by atoms with E-state index in [1.807, 2.05) is 0 Å². The fourth-order valence-electron chi connectivity index (χ4n) is 4.05. The van der Waals surface area contributed by atoms with Gasteiger partial charge in [0.25, 0.3) is 0 Å². The number of urea groups is 1. The van der Waals surface area contributed by atoms with Crippen LogP contribution in [0.15, 0.2) is 11.2 Å².